The van der Waals surface area contributed by atoms with Gasteiger partial charge < -0.3 is 15.2 Å². The largest absolute Gasteiger partial charge is 0.477 e. The summed E-state index contributed by atoms with van der Waals surface area (Å²) in [7, 11) is 0. The summed E-state index contributed by atoms with van der Waals surface area (Å²) in [5.74, 6) is 0.263. The Morgan fingerprint density at radius 3 is 2.72 bits per heavy atom. The average Bonchev–Trinajstić information content (AvgIpc) is 2.37. The molecule has 0 bridgehead atoms. The summed E-state index contributed by atoms with van der Waals surface area (Å²) >= 11 is 3.40. The highest BCUT2D eigenvalue weighted by atomic mass is 79.9. The molecule has 100 valence electrons. The van der Waals surface area contributed by atoms with Crippen molar-refractivity contribution in [3.63, 3.8) is 0 Å². The van der Waals surface area contributed by atoms with Gasteiger partial charge >= 0.3 is 5.97 Å². The van der Waals surface area contributed by atoms with Gasteiger partial charge in [-0.25, -0.2) is 4.79 Å². The van der Waals surface area contributed by atoms with Crippen LogP contribution in [0.2, 0.25) is 0 Å². The van der Waals surface area contributed by atoms with Gasteiger partial charge in [0.1, 0.15) is 5.75 Å². The van der Waals surface area contributed by atoms with E-state index in [1.54, 1.807) is 6.92 Å². The molecule has 0 saturated carbocycles. The minimum Gasteiger partial charge on any atom is -0.477 e. The van der Waals surface area contributed by atoms with Crippen LogP contribution < -0.4 is 10.5 Å². The summed E-state index contributed by atoms with van der Waals surface area (Å²) in [4.78, 5) is 11.7. The number of rotatable bonds is 6. The minimum absolute atomic E-state index is 0.346. The maximum Gasteiger partial charge on any atom is 0.347 e. The van der Waals surface area contributed by atoms with E-state index in [0.717, 1.165) is 10.0 Å². The van der Waals surface area contributed by atoms with Crippen LogP contribution in [0, 0.1) is 0 Å². The Balaban J connectivity index is 2.91. The van der Waals surface area contributed by atoms with Crippen LogP contribution in [-0.2, 0) is 16.1 Å². The number of esters is 1. The molecule has 0 aromatic heterocycles. The van der Waals surface area contributed by atoms with E-state index in [1.165, 1.54) is 0 Å². The van der Waals surface area contributed by atoms with Crippen molar-refractivity contribution >= 4 is 21.9 Å². The van der Waals surface area contributed by atoms with Gasteiger partial charge in [0.05, 0.1) is 11.1 Å². The number of halogens is 1. The van der Waals surface area contributed by atoms with Crippen molar-refractivity contribution in [3.8, 4) is 5.75 Å². The zero-order valence-electron chi connectivity index (χ0n) is 10.6. The number of para-hydroxylation sites is 1. The van der Waals surface area contributed by atoms with Gasteiger partial charge in [0.25, 0.3) is 0 Å². The maximum atomic E-state index is 11.7. The number of ether oxygens (including phenoxy) is 2. The molecule has 0 radical (unpaired) electrons. The van der Waals surface area contributed by atoms with E-state index in [-0.39, 0.29) is 5.97 Å². The lowest BCUT2D eigenvalue weighted by Gasteiger charge is -2.19. The first-order valence-electron chi connectivity index (χ1n) is 5.94. The number of nitrogens with two attached hydrogens (primary N) is 1. The lowest BCUT2D eigenvalue weighted by atomic mass is 10.2. The maximum absolute atomic E-state index is 11.7. The van der Waals surface area contributed by atoms with Gasteiger partial charge in [0, 0.05) is 12.1 Å². The van der Waals surface area contributed by atoms with Crippen molar-refractivity contribution in [1.29, 1.82) is 0 Å². The topological polar surface area (TPSA) is 61.5 Å². The van der Waals surface area contributed by atoms with Crippen LogP contribution >= 0.6 is 15.9 Å². The Morgan fingerprint density at radius 2 is 2.17 bits per heavy atom. The Hall–Kier alpha value is -1.07. The van der Waals surface area contributed by atoms with Gasteiger partial charge in [0.2, 0.25) is 0 Å². The predicted molar refractivity (Wildman–Crippen MR) is 73.4 cm³/mol. The van der Waals surface area contributed by atoms with Crippen molar-refractivity contribution in [2.75, 3.05) is 6.61 Å². The molecule has 2 N–H and O–H groups in total. The van der Waals surface area contributed by atoms with Crippen LogP contribution in [0.1, 0.15) is 25.8 Å². The van der Waals surface area contributed by atoms with Gasteiger partial charge in [-0.05, 0) is 35.3 Å². The van der Waals surface area contributed by atoms with Crippen LogP contribution in [0.5, 0.6) is 5.75 Å². The fraction of sp³-hybridized carbons (Fsp3) is 0.462. The van der Waals surface area contributed by atoms with E-state index in [1.807, 2.05) is 25.1 Å². The Bertz CT molecular complexity index is 409. The quantitative estimate of drug-likeness (QED) is 0.820. The van der Waals surface area contributed by atoms with Crippen molar-refractivity contribution in [3.05, 3.63) is 28.2 Å². The molecule has 1 atom stereocenters. The smallest absolute Gasteiger partial charge is 0.347 e. The van der Waals surface area contributed by atoms with E-state index in [2.05, 4.69) is 15.9 Å². The second-order valence-corrected chi connectivity index (χ2v) is 4.55. The summed E-state index contributed by atoms with van der Waals surface area (Å²) in [5, 5.41) is 0. The first-order valence-corrected chi connectivity index (χ1v) is 6.74. The molecule has 0 saturated heterocycles. The lowest BCUT2D eigenvalue weighted by Crippen LogP contribution is -2.29. The normalized spacial score (nSPS) is 12.0. The van der Waals surface area contributed by atoms with Crippen molar-refractivity contribution < 1.29 is 14.3 Å². The molecule has 0 heterocycles. The molecule has 0 fully saturated rings. The van der Waals surface area contributed by atoms with Crippen LogP contribution in [-0.4, -0.2) is 18.7 Å². The van der Waals surface area contributed by atoms with Gasteiger partial charge in [-0.15, -0.1) is 0 Å². The number of carbonyl (C=O) groups is 1. The van der Waals surface area contributed by atoms with E-state index >= 15 is 0 Å². The minimum atomic E-state index is -0.603. The highest BCUT2D eigenvalue weighted by molar-refractivity contribution is 9.10. The molecule has 0 aliphatic heterocycles. The molecule has 4 nitrogen and oxygen atoms in total. The average molecular weight is 316 g/mol. The van der Waals surface area contributed by atoms with Crippen LogP contribution in [0.3, 0.4) is 0 Å². The zero-order chi connectivity index (χ0) is 13.5. The summed E-state index contributed by atoms with van der Waals surface area (Å²) in [5.41, 5.74) is 6.51. The highest BCUT2D eigenvalue weighted by Crippen LogP contribution is 2.30. The summed E-state index contributed by atoms with van der Waals surface area (Å²) in [6.07, 6.45) is -0.0570. The standard InChI is InChI=1S/C13H18BrNO3/c1-3-11(13(16)17-4-2)18-12-9(8-15)6-5-7-10(12)14/h5-7,11H,3-4,8,15H2,1-2H3. The molecular formula is C13H18BrNO3. The molecule has 1 unspecified atom stereocenters. The van der Waals surface area contributed by atoms with Gasteiger partial charge in [-0.1, -0.05) is 19.1 Å². The van der Waals surface area contributed by atoms with E-state index in [9.17, 15) is 4.79 Å². The summed E-state index contributed by atoms with van der Waals surface area (Å²) in [6, 6.07) is 5.61. The molecule has 1 aromatic carbocycles. The Kier molecular flexibility index (Phi) is 6.15. The fourth-order valence-electron chi connectivity index (χ4n) is 1.52. The molecule has 0 aliphatic rings. The van der Waals surface area contributed by atoms with Gasteiger partial charge in [0.15, 0.2) is 6.10 Å². The Labute approximate surface area is 116 Å². The van der Waals surface area contributed by atoms with E-state index in [0.29, 0.717) is 25.3 Å². The molecule has 1 aromatic rings. The number of hydrogen-bond acceptors (Lipinski definition) is 4. The van der Waals surface area contributed by atoms with Crippen LogP contribution in [0.25, 0.3) is 0 Å². The summed E-state index contributed by atoms with van der Waals surface area (Å²) in [6.45, 7) is 4.35. The predicted octanol–water partition coefficient (Wildman–Crippen LogP) is 2.63. The van der Waals surface area contributed by atoms with Crippen molar-refractivity contribution in [2.45, 2.75) is 32.9 Å². The van der Waals surface area contributed by atoms with Crippen molar-refractivity contribution in [1.82, 2.24) is 0 Å². The monoisotopic (exact) mass is 315 g/mol. The van der Waals surface area contributed by atoms with Crippen LogP contribution in [0.4, 0.5) is 0 Å². The highest BCUT2D eigenvalue weighted by Gasteiger charge is 2.21. The molecule has 18 heavy (non-hydrogen) atoms. The number of carbonyl (C=O) groups excluding carboxylic acids is 1. The molecule has 0 amide bonds. The second kappa shape index (κ2) is 7.38. The first kappa shape index (κ1) is 15.0. The molecule has 0 aliphatic carbocycles. The molecular weight excluding hydrogens is 298 g/mol. The van der Waals surface area contributed by atoms with Crippen molar-refractivity contribution in [2.24, 2.45) is 5.73 Å². The van der Waals surface area contributed by atoms with E-state index < -0.39 is 6.10 Å². The third kappa shape index (κ3) is 3.71. The third-order valence-corrected chi connectivity index (χ3v) is 3.07. The molecule has 5 heteroatoms. The first-order chi connectivity index (χ1) is 8.63. The summed E-state index contributed by atoms with van der Waals surface area (Å²) < 4.78 is 11.5. The molecule has 0 spiro atoms. The lowest BCUT2D eigenvalue weighted by molar-refractivity contribution is -0.151. The SMILES string of the molecule is CCOC(=O)C(CC)Oc1c(Br)cccc1CN. The third-order valence-electron chi connectivity index (χ3n) is 2.45. The number of hydrogen-bond donors (Lipinski definition) is 1. The fourth-order valence-corrected chi connectivity index (χ4v) is 2.02. The van der Waals surface area contributed by atoms with Gasteiger partial charge in [-0.3, -0.25) is 0 Å². The second-order valence-electron chi connectivity index (χ2n) is 3.70. The Morgan fingerprint density at radius 1 is 1.44 bits per heavy atom. The molecule has 1 rings (SSSR count). The van der Waals surface area contributed by atoms with Crippen LogP contribution in [0.15, 0.2) is 22.7 Å². The number of benzene rings is 1. The van der Waals surface area contributed by atoms with E-state index in [4.69, 9.17) is 15.2 Å². The zero-order valence-corrected chi connectivity index (χ0v) is 12.2. The van der Waals surface area contributed by atoms with Gasteiger partial charge in [-0.2, -0.15) is 0 Å².